The van der Waals surface area contributed by atoms with Gasteiger partial charge in [0, 0.05) is 32.1 Å². The van der Waals surface area contributed by atoms with E-state index in [0.717, 1.165) is 31.8 Å². The summed E-state index contributed by atoms with van der Waals surface area (Å²) in [5.74, 6) is 1.42. The molecular formula is C10H20N2OS. The lowest BCUT2D eigenvalue weighted by molar-refractivity contribution is -0.133. The molecule has 1 unspecified atom stereocenters. The molecule has 0 aromatic heterocycles. The molecule has 0 aromatic carbocycles. The van der Waals surface area contributed by atoms with E-state index >= 15 is 0 Å². The maximum Gasteiger partial charge on any atom is 0.222 e. The van der Waals surface area contributed by atoms with Crippen molar-refractivity contribution in [1.29, 1.82) is 0 Å². The van der Waals surface area contributed by atoms with E-state index in [1.807, 2.05) is 16.7 Å². The summed E-state index contributed by atoms with van der Waals surface area (Å²) in [5.41, 5.74) is 0. The summed E-state index contributed by atoms with van der Waals surface area (Å²) in [5, 5.41) is 3.29. The zero-order valence-electron chi connectivity index (χ0n) is 9.08. The van der Waals surface area contributed by atoms with Crippen molar-refractivity contribution in [3.63, 3.8) is 0 Å². The highest BCUT2D eigenvalue weighted by molar-refractivity contribution is 7.98. The third kappa shape index (κ3) is 3.50. The molecule has 1 atom stereocenters. The molecule has 1 aliphatic rings. The van der Waals surface area contributed by atoms with Crippen LogP contribution in [0.3, 0.4) is 0 Å². The molecule has 1 saturated heterocycles. The van der Waals surface area contributed by atoms with Crippen LogP contribution in [0, 0.1) is 0 Å². The van der Waals surface area contributed by atoms with Gasteiger partial charge >= 0.3 is 0 Å². The van der Waals surface area contributed by atoms with Crippen LogP contribution in [0.2, 0.25) is 0 Å². The summed E-state index contributed by atoms with van der Waals surface area (Å²) in [6.07, 6.45) is 3.81. The predicted molar refractivity (Wildman–Crippen MR) is 61.7 cm³/mol. The Hall–Kier alpha value is -0.220. The molecular weight excluding hydrogens is 196 g/mol. The molecule has 1 N–H and O–H groups in total. The lowest BCUT2D eigenvalue weighted by atomic mass is 10.2. The van der Waals surface area contributed by atoms with Crippen LogP contribution in [0.1, 0.15) is 19.8 Å². The van der Waals surface area contributed by atoms with E-state index in [0.29, 0.717) is 18.4 Å². The van der Waals surface area contributed by atoms with Crippen molar-refractivity contribution >= 4 is 17.7 Å². The summed E-state index contributed by atoms with van der Waals surface area (Å²) < 4.78 is 0. The third-order valence-corrected chi connectivity index (χ3v) is 3.26. The number of hydrogen-bond acceptors (Lipinski definition) is 3. The van der Waals surface area contributed by atoms with Gasteiger partial charge in [0.05, 0.1) is 0 Å². The molecule has 3 nitrogen and oxygen atoms in total. The number of nitrogens with one attached hydrogen (secondary N) is 1. The molecule has 1 fully saturated rings. The van der Waals surface area contributed by atoms with Crippen molar-refractivity contribution in [3.05, 3.63) is 0 Å². The van der Waals surface area contributed by atoms with E-state index in [1.54, 1.807) is 0 Å². The molecule has 1 aliphatic heterocycles. The first-order chi connectivity index (χ1) is 6.75. The first kappa shape index (κ1) is 11.9. The smallest absolute Gasteiger partial charge is 0.222 e. The van der Waals surface area contributed by atoms with Crippen LogP contribution in [-0.2, 0) is 4.79 Å². The lowest BCUT2D eigenvalue weighted by Crippen LogP contribution is -2.52. The van der Waals surface area contributed by atoms with Crippen molar-refractivity contribution in [2.45, 2.75) is 25.8 Å². The fourth-order valence-electron chi connectivity index (χ4n) is 1.72. The molecule has 82 valence electrons. The van der Waals surface area contributed by atoms with E-state index < -0.39 is 0 Å². The molecule has 1 rings (SSSR count). The zero-order chi connectivity index (χ0) is 10.4. The molecule has 0 aromatic rings. The number of nitrogens with zero attached hydrogens (tertiary/aromatic N) is 1. The Bertz CT molecular complexity index is 187. The molecule has 1 heterocycles. The van der Waals surface area contributed by atoms with Crippen LogP contribution in [0.4, 0.5) is 0 Å². The molecule has 0 spiro atoms. The fraction of sp³-hybridized carbons (Fsp3) is 0.900. The molecule has 14 heavy (non-hydrogen) atoms. The Balaban J connectivity index is 2.27. The van der Waals surface area contributed by atoms with E-state index in [2.05, 4.69) is 18.5 Å². The molecule has 0 bridgehead atoms. The second-order valence-corrected chi connectivity index (χ2v) is 4.72. The Morgan fingerprint density at radius 1 is 1.64 bits per heavy atom. The molecule has 1 amide bonds. The largest absolute Gasteiger partial charge is 0.337 e. The highest BCUT2D eigenvalue weighted by Gasteiger charge is 2.21. The van der Waals surface area contributed by atoms with E-state index in [1.165, 1.54) is 0 Å². The van der Waals surface area contributed by atoms with Gasteiger partial charge in [0.2, 0.25) is 5.91 Å². The number of carbonyl (C=O) groups is 1. The van der Waals surface area contributed by atoms with Gasteiger partial charge in [-0.25, -0.2) is 0 Å². The number of rotatable bonds is 4. The van der Waals surface area contributed by atoms with Gasteiger partial charge in [-0.3, -0.25) is 4.79 Å². The monoisotopic (exact) mass is 216 g/mol. The number of piperazine rings is 1. The summed E-state index contributed by atoms with van der Waals surface area (Å²) >= 11 is 1.81. The van der Waals surface area contributed by atoms with Crippen molar-refractivity contribution in [1.82, 2.24) is 10.2 Å². The Morgan fingerprint density at radius 2 is 2.43 bits per heavy atom. The first-order valence-electron chi connectivity index (χ1n) is 5.25. The standard InChI is InChI=1S/C10H20N2OS/c1-9-8-11-5-6-12(9)10(13)4-3-7-14-2/h9,11H,3-8H2,1-2H3. The Labute approximate surface area is 90.6 Å². The van der Waals surface area contributed by atoms with Gasteiger partial charge in [0.15, 0.2) is 0 Å². The third-order valence-electron chi connectivity index (χ3n) is 2.56. The topological polar surface area (TPSA) is 32.3 Å². The summed E-state index contributed by atoms with van der Waals surface area (Å²) in [7, 11) is 0. The molecule has 4 heteroatoms. The van der Waals surface area contributed by atoms with E-state index in [9.17, 15) is 4.79 Å². The van der Waals surface area contributed by atoms with Crippen LogP contribution in [-0.4, -0.2) is 48.5 Å². The van der Waals surface area contributed by atoms with Crippen LogP contribution in [0.15, 0.2) is 0 Å². The average Bonchev–Trinajstić information content (AvgIpc) is 2.18. The van der Waals surface area contributed by atoms with Crippen molar-refractivity contribution in [3.8, 4) is 0 Å². The van der Waals surface area contributed by atoms with Crippen LogP contribution in [0.25, 0.3) is 0 Å². The zero-order valence-corrected chi connectivity index (χ0v) is 9.90. The van der Waals surface area contributed by atoms with Crippen molar-refractivity contribution in [2.24, 2.45) is 0 Å². The number of amides is 1. The second kappa shape index (κ2) is 6.30. The van der Waals surface area contributed by atoms with Crippen LogP contribution < -0.4 is 5.32 Å². The molecule has 0 saturated carbocycles. The average molecular weight is 216 g/mol. The summed E-state index contributed by atoms with van der Waals surface area (Å²) in [6.45, 7) is 4.87. The van der Waals surface area contributed by atoms with Gasteiger partial charge < -0.3 is 10.2 Å². The quantitative estimate of drug-likeness (QED) is 0.710. The molecule has 0 aliphatic carbocycles. The highest BCUT2D eigenvalue weighted by atomic mass is 32.2. The molecule has 0 radical (unpaired) electrons. The van der Waals surface area contributed by atoms with Gasteiger partial charge in [-0.15, -0.1) is 0 Å². The predicted octanol–water partition coefficient (Wildman–Crippen LogP) is 0.950. The van der Waals surface area contributed by atoms with E-state index in [4.69, 9.17) is 0 Å². The van der Waals surface area contributed by atoms with Gasteiger partial charge in [0.1, 0.15) is 0 Å². The fourth-order valence-corrected chi connectivity index (χ4v) is 2.16. The van der Waals surface area contributed by atoms with Crippen LogP contribution >= 0.6 is 11.8 Å². The maximum atomic E-state index is 11.8. The normalized spacial score (nSPS) is 22.4. The minimum atomic E-state index is 0.327. The van der Waals surface area contributed by atoms with Crippen LogP contribution in [0.5, 0.6) is 0 Å². The van der Waals surface area contributed by atoms with Gasteiger partial charge in [-0.05, 0) is 25.4 Å². The van der Waals surface area contributed by atoms with Gasteiger partial charge in [0.25, 0.3) is 0 Å². The Morgan fingerprint density at radius 3 is 3.07 bits per heavy atom. The SMILES string of the molecule is CSCCCC(=O)N1CCNCC1C. The van der Waals surface area contributed by atoms with Crippen molar-refractivity contribution < 1.29 is 4.79 Å². The van der Waals surface area contributed by atoms with Gasteiger partial charge in [-0.1, -0.05) is 0 Å². The first-order valence-corrected chi connectivity index (χ1v) is 6.64. The highest BCUT2D eigenvalue weighted by Crippen LogP contribution is 2.08. The number of carbonyl (C=O) groups excluding carboxylic acids is 1. The lowest BCUT2D eigenvalue weighted by Gasteiger charge is -2.34. The summed E-state index contributed by atoms with van der Waals surface area (Å²) in [6, 6.07) is 0.366. The summed E-state index contributed by atoms with van der Waals surface area (Å²) in [4.78, 5) is 13.8. The van der Waals surface area contributed by atoms with E-state index in [-0.39, 0.29) is 0 Å². The number of thioether (sulfide) groups is 1. The van der Waals surface area contributed by atoms with Gasteiger partial charge in [-0.2, -0.15) is 11.8 Å². The minimum Gasteiger partial charge on any atom is -0.337 e. The van der Waals surface area contributed by atoms with Crippen molar-refractivity contribution in [2.75, 3.05) is 31.6 Å². The maximum absolute atomic E-state index is 11.8. The number of hydrogen-bond donors (Lipinski definition) is 1. The minimum absolute atomic E-state index is 0.327. The second-order valence-electron chi connectivity index (χ2n) is 3.74. The Kier molecular flexibility index (Phi) is 5.33.